The molecule has 1 heterocycles. The maximum absolute atomic E-state index is 9.36. The van der Waals surface area contributed by atoms with Crippen molar-refractivity contribution in [3.8, 4) is 5.75 Å². The Balaban J connectivity index is 2.06. The lowest BCUT2D eigenvalue weighted by Gasteiger charge is -2.36. The van der Waals surface area contributed by atoms with Gasteiger partial charge in [-0.2, -0.15) is 0 Å². The van der Waals surface area contributed by atoms with Gasteiger partial charge in [0.05, 0.1) is 6.61 Å². The van der Waals surface area contributed by atoms with Gasteiger partial charge in [-0.15, -0.1) is 0 Å². The number of likely N-dealkylation sites (N-methyl/N-ethyl adjacent to an activating group) is 1. The summed E-state index contributed by atoms with van der Waals surface area (Å²) in [5.41, 5.74) is 0.903. The Hall–Kier alpha value is -1.06. The van der Waals surface area contributed by atoms with E-state index in [2.05, 4.69) is 11.9 Å². The highest BCUT2D eigenvalue weighted by Crippen LogP contribution is 2.27. The fourth-order valence-corrected chi connectivity index (χ4v) is 1.99. The number of likely N-dealkylation sites (tertiary alicyclic amines) is 1. The van der Waals surface area contributed by atoms with Crippen LogP contribution in [0.3, 0.4) is 0 Å². The molecule has 0 aliphatic carbocycles. The average Bonchev–Trinajstić information content (AvgIpc) is 2.27. The number of hydrogen-bond acceptors (Lipinski definition) is 3. The van der Waals surface area contributed by atoms with Gasteiger partial charge in [0.15, 0.2) is 0 Å². The Morgan fingerprint density at radius 2 is 2.12 bits per heavy atom. The highest BCUT2D eigenvalue weighted by atomic mass is 16.5. The minimum absolute atomic E-state index is 0.141. The average molecular weight is 235 g/mol. The molecule has 0 amide bonds. The molecule has 3 heteroatoms. The topological polar surface area (TPSA) is 32.7 Å². The van der Waals surface area contributed by atoms with Gasteiger partial charge in [0.1, 0.15) is 11.9 Å². The molecule has 1 N–H and O–H groups in total. The van der Waals surface area contributed by atoms with Gasteiger partial charge in [0.2, 0.25) is 0 Å². The van der Waals surface area contributed by atoms with Crippen LogP contribution in [0.25, 0.3) is 0 Å². The molecule has 94 valence electrons. The van der Waals surface area contributed by atoms with E-state index in [-0.39, 0.29) is 12.0 Å². The monoisotopic (exact) mass is 235 g/mol. The summed E-state index contributed by atoms with van der Waals surface area (Å²) in [6, 6.07) is 8.05. The molecule has 0 spiro atoms. The molecule has 1 aromatic carbocycles. The minimum Gasteiger partial charge on any atom is -0.488 e. The van der Waals surface area contributed by atoms with Crippen molar-refractivity contribution < 1.29 is 9.84 Å². The summed E-state index contributed by atoms with van der Waals surface area (Å²) in [5.74, 6) is 0.905. The van der Waals surface area contributed by atoms with E-state index in [4.69, 9.17) is 4.74 Å². The van der Waals surface area contributed by atoms with Crippen molar-refractivity contribution in [1.82, 2.24) is 4.90 Å². The Kier molecular flexibility index (Phi) is 3.40. The van der Waals surface area contributed by atoms with Crippen molar-refractivity contribution in [3.05, 3.63) is 29.8 Å². The van der Waals surface area contributed by atoms with Crippen LogP contribution in [-0.2, 0) is 5.41 Å². The van der Waals surface area contributed by atoms with E-state index in [1.165, 1.54) is 0 Å². The van der Waals surface area contributed by atoms with Crippen molar-refractivity contribution in [2.24, 2.45) is 0 Å². The molecule has 2 rings (SSSR count). The van der Waals surface area contributed by atoms with E-state index in [0.29, 0.717) is 6.10 Å². The first-order chi connectivity index (χ1) is 8.01. The van der Waals surface area contributed by atoms with Gasteiger partial charge in [0, 0.05) is 18.5 Å². The standard InChI is InChI=1S/C14H21NO2/c1-14(2,10-16)11-5-4-6-12(7-11)17-13-8-15(3)9-13/h4-7,13,16H,8-10H2,1-3H3. The maximum Gasteiger partial charge on any atom is 0.124 e. The van der Waals surface area contributed by atoms with E-state index >= 15 is 0 Å². The van der Waals surface area contributed by atoms with Crippen LogP contribution in [0.1, 0.15) is 19.4 Å². The molecule has 1 aliphatic rings. The van der Waals surface area contributed by atoms with Crippen molar-refractivity contribution >= 4 is 0 Å². The molecule has 0 aromatic heterocycles. The van der Waals surface area contributed by atoms with Crippen LogP contribution in [0.2, 0.25) is 0 Å². The second-order valence-corrected chi connectivity index (χ2v) is 5.53. The molecule has 0 unspecified atom stereocenters. The number of nitrogens with zero attached hydrogens (tertiary/aromatic N) is 1. The molecule has 0 saturated carbocycles. The predicted molar refractivity (Wildman–Crippen MR) is 68.5 cm³/mol. The second-order valence-electron chi connectivity index (χ2n) is 5.53. The molecule has 1 saturated heterocycles. The van der Waals surface area contributed by atoms with Gasteiger partial charge in [-0.1, -0.05) is 26.0 Å². The molecule has 1 aliphatic heterocycles. The van der Waals surface area contributed by atoms with Crippen LogP contribution < -0.4 is 4.74 Å². The SMILES string of the molecule is CN1CC(Oc2cccc(C(C)(C)CO)c2)C1. The predicted octanol–water partition coefficient (Wildman–Crippen LogP) is 1.65. The number of hydrogen-bond donors (Lipinski definition) is 1. The third kappa shape index (κ3) is 2.79. The van der Waals surface area contributed by atoms with Gasteiger partial charge in [-0.3, -0.25) is 4.90 Å². The normalized spacial score (nSPS) is 17.9. The smallest absolute Gasteiger partial charge is 0.124 e. The van der Waals surface area contributed by atoms with Crippen molar-refractivity contribution in [3.63, 3.8) is 0 Å². The summed E-state index contributed by atoms with van der Waals surface area (Å²) in [5, 5.41) is 9.36. The highest BCUT2D eigenvalue weighted by Gasteiger charge is 2.25. The van der Waals surface area contributed by atoms with E-state index < -0.39 is 0 Å². The Morgan fingerprint density at radius 1 is 1.41 bits per heavy atom. The lowest BCUT2D eigenvalue weighted by molar-refractivity contribution is 0.0387. The maximum atomic E-state index is 9.36. The molecule has 1 aromatic rings. The third-order valence-corrected chi connectivity index (χ3v) is 3.34. The van der Waals surface area contributed by atoms with Crippen LogP contribution in [0.4, 0.5) is 0 Å². The molecular formula is C14H21NO2. The van der Waals surface area contributed by atoms with E-state index in [1.54, 1.807) is 0 Å². The van der Waals surface area contributed by atoms with Crippen molar-refractivity contribution in [2.45, 2.75) is 25.4 Å². The fourth-order valence-electron chi connectivity index (χ4n) is 1.99. The number of ether oxygens (including phenoxy) is 1. The Bertz CT molecular complexity index is 384. The van der Waals surface area contributed by atoms with Crippen LogP contribution in [0.15, 0.2) is 24.3 Å². The van der Waals surface area contributed by atoms with Crippen LogP contribution >= 0.6 is 0 Å². The van der Waals surface area contributed by atoms with E-state index in [9.17, 15) is 5.11 Å². The number of rotatable bonds is 4. The fraction of sp³-hybridized carbons (Fsp3) is 0.571. The van der Waals surface area contributed by atoms with Crippen molar-refractivity contribution in [1.29, 1.82) is 0 Å². The quantitative estimate of drug-likeness (QED) is 0.861. The summed E-state index contributed by atoms with van der Waals surface area (Å²) in [4.78, 5) is 2.23. The zero-order chi connectivity index (χ0) is 12.5. The number of aliphatic hydroxyl groups is 1. The molecule has 0 bridgehead atoms. The van der Waals surface area contributed by atoms with Gasteiger partial charge in [-0.05, 0) is 24.7 Å². The molecule has 0 atom stereocenters. The lowest BCUT2D eigenvalue weighted by atomic mass is 9.85. The summed E-state index contributed by atoms with van der Waals surface area (Å²) in [6.45, 7) is 6.19. The van der Waals surface area contributed by atoms with Gasteiger partial charge in [0.25, 0.3) is 0 Å². The molecule has 0 radical (unpaired) electrons. The van der Waals surface area contributed by atoms with Crippen LogP contribution in [0.5, 0.6) is 5.75 Å². The zero-order valence-electron chi connectivity index (χ0n) is 10.8. The van der Waals surface area contributed by atoms with Gasteiger partial charge >= 0.3 is 0 Å². The Labute approximate surface area is 103 Å². The third-order valence-electron chi connectivity index (χ3n) is 3.34. The summed E-state index contributed by atoms with van der Waals surface area (Å²) in [6.07, 6.45) is 0.312. The number of benzene rings is 1. The molecular weight excluding hydrogens is 214 g/mol. The first kappa shape index (κ1) is 12.4. The zero-order valence-corrected chi connectivity index (χ0v) is 10.8. The minimum atomic E-state index is -0.213. The first-order valence-electron chi connectivity index (χ1n) is 6.08. The lowest BCUT2D eigenvalue weighted by Crippen LogP contribution is -2.51. The summed E-state index contributed by atoms with van der Waals surface area (Å²) in [7, 11) is 2.09. The second kappa shape index (κ2) is 4.67. The van der Waals surface area contributed by atoms with Gasteiger partial charge in [-0.25, -0.2) is 0 Å². The summed E-state index contributed by atoms with van der Waals surface area (Å²) >= 11 is 0. The van der Waals surface area contributed by atoms with Gasteiger partial charge < -0.3 is 9.84 Å². The van der Waals surface area contributed by atoms with Crippen LogP contribution in [0, 0.1) is 0 Å². The van der Waals surface area contributed by atoms with Crippen LogP contribution in [-0.4, -0.2) is 42.9 Å². The van der Waals surface area contributed by atoms with Crippen molar-refractivity contribution in [2.75, 3.05) is 26.7 Å². The molecule has 1 fully saturated rings. The summed E-state index contributed by atoms with van der Waals surface area (Å²) < 4.78 is 5.88. The van der Waals surface area contributed by atoms with E-state index in [0.717, 1.165) is 24.4 Å². The molecule has 17 heavy (non-hydrogen) atoms. The first-order valence-corrected chi connectivity index (χ1v) is 6.08. The Morgan fingerprint density at radius 3 is 2.71 bits per heavy atom. The highest BCUT2D eigenvalue weighted by molar-refractivity contribution is 5.33. The van der Waals surface area contributed by atoms with E-state index in [1.807, 2.05) is 38.1 Å². The molecule has 3 nitrogen and oxygen atoms in total. The largest absolute Gasteiger partial charge is 0.488 e. The number of aliphatic hydroxyl groups excluding tert-OH is 1.